The quantitative estimate of drug-likeness (QED) is 0.362. The topological polar surface area (TPSA) is 48.5 Å². The summed E-state index contributed by atoms with van der Waals surface area (Å²) < 4.78 is 44.5. The molecule has 0 radical (unpaired) electrons. The highest BCUT2D eigenvalue weighted by Crippen LogP contribution is 2.40. The van der Waals surface area contributed by atoms with Gasteiger partial charge in [0.15, 0.2) is 5.82 Å². The number of imidazole rings is 1. The van der Waals surface area contributed by atoms with Crippen molar-refractivity contribution in [1.82, 2.24) is 24.3 Å². The van der Waals surface area contributed by atoms with Crippen LogP contribution in [0, 0.1) is 13.8 Å². The molecule has 1 atom stereocenters. The number of hydrogen-bond acceptors (Lipinski definition) is 3. The zero-order valence-corrected chi connectivity index (χ0v) is 18.9. The monoisotopic (exact) mass is 463 g/mol. The molecule has 174 valence electrons. The lowest BCUT2D eigenvalue weighted by molar-refractivity contribution is -0.138. The Bertz CT molecular complexity index is 1360. The molecule has 5 nitrogen and oxygen atoms in total. The Morgan fingerprint density at radius 1 is 1.06 bits per heavy atom. The molecule has 34 heavy (non-hydrogen) atoms. The third kappa shape index (κ3) is 4.27. The Morgan fingerprint density at radius 3 is 2.62 bits per heavy atom. The minimum Gasteiger partial charge on any atom is -0.306 e. The molecule has 1 aliphatic heterocycles. The molecule has 1 unspecified atom stereocenters. The molecule has 8 heteroatoms. The third-order valence-electron chi connectivity index (χ3n) is 6.17. The van der Waals surface area contributed by atoms with Crippen LogP contribution < -0.4 is 0 Å². The highest BCUT2D eigenvalue weighted by molar-refractivity contribution is 5.68. The molecule has 3 heterocycles. The van der Waals surface area contributed by atoms with Crippen molar-refractivity contribution < 1.29 is 13.2 Å². The van der Waals surface area contributed by atoms with Crippen molar-refractivity contribution in [1.29, 1.82) is 0 Å². The Morgan fingerprint density at radius 2 is 1.88 bits per heavy atom. The number of aryl methyl sites for hydroxylation is 3. The molecule has 0 saturated carbocycles. The largest absolute Gasteiger partial charge is 0.416 e. The summed E-state index contributed by atoms with van der Waals surface area (Å²) >= 11 is 0. The van der Waals surface area contributed by atoms with Crippen LogP contribution in [0.4, 0.5) is 13.2 Å². The number of rotatable bonds is 4. The number of hydrogen-bond donors (Lipinski definition) is 0. The summed E-state index contributed by atoms with van der Waals surface area (Å²) in [6.07, 6.45) is 4.48. The molecule has 0 aliphatic carbocycles. The van der Waals surface area contributed by atoms with Crippen molar-refractivity contribution in [2.75, 3.05) is 0 Å². The first-order chi connectivity index (χ1) is 16.3. The Balaban J connectivity index is 1.42. The second-order valence-electron chi connectivity index (χ2n) is 8.63. The van der Waals surface area contributed by atoms with Crippen LogP contribution in [-0.4, -0.2) is 24.3 Å². The van der Waals surface area contributed by atoms with E-state index in [0.717, 1.165) is 35.0 Å². The average Bonchev–Trinajstić information content (AvgIpc) is 3.43. The van der Waals surface area contributed by atoms with Gasteiger partial charge in [0.2, 0.25) is 0 Å². The summed E-state index contributed by atoms with van der Waals surface area (Å²) in [5, 5.41) is 4.55. The van der Waals surface area contributed by atoms with Crippen molar-refractivity contribution in [3.63, 3.8) is 0 Å². The van der Waals surface area contributed by atoms with Crippen LogP contribution in [0.1, 0.15) is 58.4 Å². The van der Waals surface area contributed by atoms with Crippen LogP contribution >= 0.6 is 0 Å². The second-order valence-corrected chi connectivity index (χ2v) is 8.63. The van der Waals surface area contributed by atoms with E-state index in [-0.39, 0.29) is 5.56 Å². The van der Waals surface area contributed by atoms with Crippen LogP contribution in [0.2, 0.25) is 0 Å². The molecule has 0 saturated heterocycles. The van der Waals surface area contributed by atoms with Gasteiger partial charge in [-0.15, -0.1) is 0 Å². The van der Waals surface area contributed by atoms with Gasteiger partial charge in [-0.05, 0) is 67.7 Å². The maximum absolute atomic E-state index is 13.6. The smallest absolute Gasteiger partial charge is 0.306 e. The normalized spacial score (nSPS) is 16.2. The maximum Gasteiger partial charge on any atom is 0.416 e. The molecule has 4 aromatic rings. The zero-order chi connectivity index (χ0) is 23.9. The van der Waals surface area contributed by atoms with E-state index in [0.29, 0.717) is 24.6 Å². The maximum atomic E-state index is 13.6. The van der Waals surface area contributed by atoms with E-state index >= 15 is 0 Å². The van der Waals surface area contributed by atoms with E-state index in [1.165, 1.54) is 6.07 Å². The average molecular weight is 464 g/mol. The van der Waals surface area contributed by atoms with Crippen LogP contribution in [0.25, 0.3) is 17.8 Å². The number of aromatic nitrogens is 5. The van der Waals surface area contributed by atoms with E-state index in [9.17, 15) is 13.2 Å². The van der Waals surface area contributed by atoms with Crippen LogP contribution in [0.15, 0.2) is 55.0 Å². The van der Waals surface area contributed by atoms with Gasteiger partial charge in [0, 0.05) is 24.3 Å². The summed E-state index contributed by atoms with van der Waals surface area (Å²) in [5.41, 5.74) is 3.76. The van der Waals surface area contributed by atoms with Gasteiger partial charge in [-0.1, -0.05) is 30.3 Å². The van der Waals surface area contributed by atoms with Crippen molar-refractivity contribution in [3.8, 4) is 5.69 Å². The summed E-state index contributed by atoms with van der Waals surface area (Å²) in [7, 11) is 0. The van der Waals surface area contributed by atoms with Gasteiger partial charge in [0.25, 0.3) is 0 Å². The minimum absolute atomic E-state index is 0.264. The highest BCUT2D eigenvalue weighted by Gasteiger charge is 2.37. The number of halogens is 3. The van der Waals surface area contributed by atoms with Crippen LogP contribution in [0.3, 0.4) is 0 Å². The summed E-state index contributed by atoms with van der Waals surface area (Å²) in [4.78, 5) is 8.90. The van der Waals surface area contributed by atoms with E-state index < -0.39 is 17.7 Å². The lowest BCUT2D eigenvalue weighted by Gasteiger charge is -2.25. The molecule has 0 amide bonds. The first kappa shape index (κ1) is 22.1. The SMILES string of the molecule is Cc1cn(-c2ccc(/C=C/c3nc4n(n3)CCCC4c3ccccc3C(F)(F)F)cc2C)cn1. The van der Waals surface area contributed by atoms with Crippen LogP contribution in [0.5, 0.6) is 0 Å². The van der Waals surface area contributed by atoms with E-state index in [1.807, 2.05) is 48.9 Å². The standard InChI is InChI=1S/C26H24F3N5/c1-17-14-19(9-11-23(17)33-15-18(2)30-16-33)10-12-24-31-25-21(7-5-13-34(25)32-24)20-6-3-4-8-22(20)26(27,28)29/h3-4,6,8-12,14-16,21H,5,7,13H2,1-2H3/b12-10+. The highest BCUT2D eigenvalue weighted by atomic mass is 19.4. The molecular weight excluding hydrogens is 439 g/mol. The molecule has 0 spiro atoms. The summed E-state index contributed by atoms with van der Waals surface area (Å²) in [6, 6.07) is 11.9. The van der Waals surface area contributed by atoms with E-state index in [1.54, 1.807) is 23.1 Å². The van der Waals surface area contributed by atoms with Crippen LogP contribution in [-0.2, 0) is 12.7 Å². The van der Waals surface area contributed by atoms with Gasteiger partial charge in [0.1, 0.15) is 5.82 Å². The molecule has 0 fully saturated rings. The van der Waals surface area contributed by atoms with Gasteiger partial charge >= 0.3 is 6.18 Å². The van der Waals surface area contributed by atoms with Crippen molar-refractivity contribution in [2.45, 2.75) is 45.3 Å². The number of benzene rings is 2. The van der Waals surface area contributed by atoms with Crippen molar-refractivity contribution in [3.05, 3.63) is 94.6 Å². The molecule has 0 bridgehead atoms. The molecule has 0 N–H and O–H groups in total. The van der Waals surface area contributed by atoms with E-state index in [2.05, 4.69) is 21.1 Å². The van der Waals surface area contributed by atoms with Gasteiger partial charge in [-0.25, -0.2) is 14.6 Å². The molecule has 1 aliphatic rings. The fraction of sp³-hybridized carbons (Fsp3) is 0.269. The lowest BCUT2D eigenvalue weighted by atomic mass is 9.88. The fourth-order valence-electron chi connectivity index (χ4n) is 4.59. The molecule has 2 aromatic carbocycles. The minimum atomic E-state index is -4.40. The van der Waals surface area contributed by atoms with Gasteiger partial charge in [0.05, 0.1) is 17.6 Å². The first-order valence-corrected chi connectivity index (χ1v) is 11.2. The first-order valence-electron chi connectivity index (χ1n) is 11.2. The second kappa shape index (κ2) is 8.59. The van der Waals surface area contributed by atoms with Gasteiger partial charge in [-0.2, -0.15) is 18.3 Å². The molecular formula is C26H24F3N5. The predicted octanol–water partition coefficient (Wildman–Crippen LogP) is 6.20. The Hall–Kier alpha value is -3.68. The lowest BCUT2D eigenvalue weighted by Crippen LogP contribution is -2.21. The number of nitrogens with zero attached hydrogens (tertiary/aromatic N) is 5. The number of alkyl halides is 3. The summed E-state index contributed by atoms with van der Waals surface area (Å²) in [6.45, 7) is 4.64. The Labute approximate surface area is 195 Å². The molecule has 2 aromatic heterocycles. The summed E-state index contributed by atoms with van der Waals surface area (Å²) in [5.74, 6) is 0.657. The van der Waals surface area contributed by atoms with Gasteiger partial charge in [-0.3, -0.25) is 0 Å². The van der Waals surface area contributed by atoms with Crippen molar-refractivity contribution in [2.24, 2.45) is 0 Å². The zero-order valence-electron chi connectivity index (χ0n) is 18.9. The Kier molecular flexibility index (Phi) is 5.59. The van der Waals surface area contributed by atoms with Crippen molar-refractivity contribution >= 4 is 12.2 Å². The third-order valence-corrected chi connectivity index (χ3v) is 6.17. The number of fused-ring (bicyclic) bond motifs is 1. The molecule has 5 rings (SSSR count). The fourth-order valence-corrected chi connectivity index (χ4v) is 4.59. The predicted molar refractivity (Wildman–Crippen MR) is 125 cm³/mol. The van der Waals surface area contributed by atoms with Gasteiger partial charge < -0.3 is 4.57 Å². The van der Waals surface area contributed by atoms with E-state index in [4.69, 9.17) is 0 Å².